The lowest BCUT2D eigenvalue weighted by atomic mass is 10.1. The van der Waals surface area contributed by atoms with Crippen molar-refractivity contribution < 1.29 is 4.52 Å². The van der Waals surface area contributed by atoms with Crippen molar-refractivity contribution >= 4 is 5.69 Å². The van der Waals surface area contributed by atoms with E-state index in [0.717, 1.165) is 16.7 Å². The van der Waals surface area contributed by atoms with Crippen molar-refractivity contribution in [1.29, 1.82) is 0 Å². The normalized spacial score (nSPS) is 10.7. The largest absolute Gasteiger partial charge is 0.399 e. The predicted molar refractivity (Wildman–Crippen MR) is 79.1 cm³/mol. The Balaban J connectivity index is 2.02. The third kappa shape index (κ3) is 2.28. The van der Waals surface area contributed by atoms with Gasteiger partial charge in [-0.05, 0) is 37.6 Å². The van der Waals surface area contributed by atoms with Crippen LogP contribution in [0.15, 0.2) is 47.0 Å². The fourth-order valence-corrected chi connectivity index (χ4v) is 2.18. The zero-order valence-electron chi connectivity index (χ0n) is 11.4. The minimum Gasteiger partial charge on any atom is -0.399 e. The van der Waals surface area contributed by atoms with E-state index in [0.29, 0.717) is 17.4 Å². The first kappa shape index (κ1) is 12.4. The van der Waals surface area contributed by atoms with E-state index in [2.05, 4.69) is 23.1 Å². The van der Waals surface area contributed by atoms with Crippen LogP contribution in [0, 0.1) is 13.8 Å². The predicted octanol–water partition coefficient (Wildman–Crippen LogP) is 3.60. The quantitative estimate of drug-likeness (QED) is 0.719. The van der Waals surface area contributed by atoms with E-state index in [-0.39, 0.29) is 0 Å². The molecule has 0 radical (unpaired) electrons. The number of nitrogens with two attached hydrogens (primary N) is 1. The summed E-state index contributed by atoms with van der Waals surface area (Å²) in [6, 6.07) is 13.6. The summed E-state index contributed by atoms with van der Waals surface area (Å²) in [5, 5.41) is 4.03. The van der Waals surface area contributed by atoms with Gasteiger partial charge in [-0.3, -0.25) is 0 Å². The van der Waals surface area contributed by atoms with Crippen LogP contribution in [-0.2, 0) is 0 Å². The summed E-state index contributed by atoms with van der Waals surface area (Å²) in [5.74, 6) is 1.08. The van der Waals surface area contributed by atoms with Crippen molar-refractivity contribution in [3.8, 4) is 22.8 Å². The lowest BCUT2D eigenvalue weighted by molar-refractivity contribution is 0.432. The molecule has 0 spiro atoms. The molecule has 0 aliphatic rings. The molecule has 0 saturated carbocycles. The Bertz CT molecular complexity index is 762. The Hall–Kier alpha value is -2.62. The van der Waals surface area contributed by atoms with Gasteiger partial charge in [0.1, 0.15) is 0 Å². The molecule has 3 rings (SSSR count). The van der Waals surface area contributed by atoms with Crippen LogP contribution in [0.4, 0.5) is 5.69 Å². The smallest absolute Gasteiger partial charge is 0.258 e. The summed E-state index contributed by atoms with van der Waals surface area (Å²) in [6.07, 6.45) is 0. The van der Waals surface area contributed by atoms with Gasteiger partial charge in [-0.15, -0.1) is 0 Å². The molecule has 100 valence electrons. The summed E-state index contributed by atoms with van der Waals surface area (Å²) in [6.45, 7) is 4.09. The third-order valence-electron chi connectivity index (χ3n) is 3.18. The first-order valence-corrected chi connectivity index (χ1v) is 6.41. The van der Waals surface area contributed by atoms with E-state index in [1.807, 2.05) is 43.3 Å². The van der Waals surface area contributed by atoms with Gasteiger partial charge in [0, 0.05) is 16.8 Å². The molecule has 4 nitrogen and oxygen atoms in total. The van der Waals surface area contributed by atoms with Gasteiger partial charge in [-0.25, -0.2) is 0 Å². The number of hydrogen-bond acceptors (Lipinski definition) is 4. The molecule has 0 bridgehead atoms. The fourth-order valence-electron chi connectivity index (χ4n) is 2.18. The van der Waals surface area contributed by atoms with Gasteiger partial charge in [-0.2, -0.15) is 4.98 Å². The second-order valence-electron chi connectivity index (χ2n) is 4.87. The monoisotopic (exact) mass is 265 g/mol. The average Bonchev–Trinajstić information content (AvgIpc) is 2.88. The second kappa shape index (κ2) is 4.81. The van der Waals surface area contributed by atoms with Gasteiger partial charge in [0.25, 0.3) is 5.89 Å². The number of rotatable bonds is 2. The van der Waals surface area contributed by atoms with Crippen LogP contribution in [0.5, 0.6) is 0 Å². The molecule has 0 fully saturated rings. The first-order chi connectivity index (χ1) is 9.63. The maximum atomic E-state index is 5.77. The van der Waals surface area contributed by atoms with Crippen molar-refractivity contribution in [2.75, 3.05) is 5.73 Å². The minimum atomic E-state index is 0.528. The maximum absolute atomic E-state index is 5.77. The first-order valence-electron chi connectivity index (χ1n) is 6.41. The van der Waals surface area contributed by atoms with Crippen molar-refractivity contribution in [2.45, 2.75) is 13.8 Å². The van der Waals surface area contributed by atoms with Crippen molar-refractivity contribution in [3.63, 3.8) is 0 Å². The SMILES string of the molecule is Cc1ccc(-c2nc(-c3cccc(N)c3)no2)c(C)c1. The number of aryl methyl sites for hydroxylation is 2. The van der Waals surface area contributed by atoms with E-state index in [9.17, 15) is 0 Å². The molecular formula is C16H15N3O. The highest BCUT2D eigenvalue weighted by Gasteiger charge is 2.12. The highest BCUT2D eigenvalue weighted by atomic mass is 16.5. The molecule has 4 heteroatoms. The van der Waals surface area contributed by atoms with Crippen LogP contribution >= 0.6 is 0 Å². The Morgan fingerprint density at radius 2 is 1.90 bits per heavy atom. The van der Waals surface area contributed by atoms with Crippen LogP contribution < -0.4 is 5.73 Å². The summed E-state index contributed by atoms with van der Waals surface area (Å²) < 4.78 is 5.36. The zero-order valence-corrected chi connectivity index (χ0v) is 11.4. The molecule has 0 unspecified atom stereocenters. The Kier molecular flexibility index (Phi) is 2.99. The van der Waals surface area contributed by atoms with Gasteiger partial charge >= 0.3 is 0 Å². The molecule has 1 aromatic heterocycles. The number of nitrogens with zero attached hydrogens (tertiary/aromatic N) is 2. The van der Waals surface area contributed by atoms with Gasteiger partial charge < -0.3 is 10.3 Å². The van der Waals surface area contributed by atoms with Crippen LogP contribution in [-0.4, -0.2) is 10.1 Å². The summed E-state index contributed by atoms with van der Waals surface area (Å²) >= 11 is 0. The van der Waals surface area contributed by atoms with Crippen LogP contribution in [0.25, 0.3) is 22.8 Å². The number of aromatic nitrogens is 2. The van der Waals surface area contributed by atoms with E-state index < -0.39 is 0 Å². The Morgan fingerprint density at radius 3 is 2.65 bits per heavy atom. The molecule has 0 saturated heterocycles. The number of hydrogen-bond donors (Lipinski definition) is 1. The lowest BCUT2D eigenvalue weighted by Gasteiger charge is -2.01. The van der Waals surface area contributed by atoms with Gasteiger partial charge in [0.05, 0.1) is 0 Å². The van der Waals surface area contributed by atoms with Crippen molar-refractivity contribution in [3.05, 3.63) is 53.6 Å². The van der Waals surface area contributed by atoms with E-state index in [1.165, 1.54) is 5.56 Å². The van der Waals surface area contributed by atoms with Gasteiger partial charge in [-0.1, -0.05) is 35.0 Å². The van der Waals surface area contributed by atoms with E-state index in [4.69, 9.17) is 10.3 Å². The molecule has 3 aromatic rings. The molecule has 20 heavy (non-hydrogen) atoms. The third-order valence-corrected chi connectivity index (χ3v) is 3.18. The minimum absolute atomic E-state index is 0.528. The molecule has 2 N–H and O–H groups in total. The highest BCUT2D eigenvalue weighted by Crippen LogP contribution is 2.26. The van der Waals surface area contributed by atoms with E-state index in [1.54, 1.807) is 0 Å². The Morgan fingerprint density at radius 1 is 1.05 bits per heavy atom. The average molecular weight is 265 g/mol. The maximum Gasteiger partial charge on any atom is 0.258 e. The fraction of sp³-hybridized carbons (Fsp3) is 0.125. The van der Waals surface area contributed by atoms with Gasteiger partial charge in [0.2, 0.25) is 5.82 Å². The molecule has 0 amide bonds. The lowest BCUT2D eigenvalue weighted by Crippen LogP contribution is -1.87. The topological polar surface area (TPSA) is 64.9 Å². The molecule has 0 atom stereocenters. The van der Waals surface area contributed by atoms with Crippen LogP contribution in [0.2, 0.25) is 0 Å². The van der Waals surface area contributed by atoms with Crippen LogP contribution in [0.3, 0.4) is 0 Å². The molecular weight excluding hydrogens is 250 g/mol. The molecule has 0 aliphatic carbocycles. The van der Waals surface area contributed by atoms with Crippen molar-refractivity contribution in [1.82, 2.24) is 10.1 Å². The highest BCUT2D eigenvalue weighted by molar-refractivity contribution is 5.64. The van der Waals surface area contributed by atoms with Crippen molar-refractivity contribution in [2.24, 2.45) is 0 Å². The summed E-state index contributed by atoms with van der Waals surface area (Å²) in [5.41, 5.74) is 10.6. The number of anilines is 1. The standard InChI is InChI=1S/C16H15N3O/c1-10-6-7-14(11(2)8-10)16-18-15(19-20-16)12-4-3-5-13(17)9-12/h3-9H,17H2,1-2H3. The summed E-state index contributed by atoms with van der Waals surface area (Å²) in [7, 11) is 0. The Labute approximate surface area is 117 Å². The molecule has 2 aromatic carbocycles. The molecule has 1 heterocycles. The number of benzene rings is 2. The van der Waals surface area contributed by atoms with Gasteiger partial charge in [0.15, 0.2) is 0 Å². The second-order valence-corrected chi connectivity index (χ2v) is 4.87. The van der Waals surface area contributed by atoms with E-state index >= 15 is 0 Å². The zero-order chi connectivity index (χ0) is 14.1. The number of nitrogen functional groups attached to an aromatic ring is 1. The van der Waals surface area contributed by atoms with Crippen LogP contribution in [0.1, 0.15) is 11.1 Å². The summed E-state index contributed by atoms with van der Waals surface area (Å²) in [4.78, 5) is 4.45. The molecule has 0 aliphatic heterocycles.